The van der Waals surface area contributed by atoms with Gasteiger partial charge in [0.2, 0.25) is 0 Å². The summed E-state index contributed by atoms with van der Waals surface area (Å²) in [6.45, 7) is 4.43. The molecule has 0 bridgehead atoms. The number of benzene rings is 3. The molecule has 0 atom stereocenters. The summed E-state index contributed by atoms with van der Waals surface area (Å²) in [4.78, 5) is 2.61. The Morgan fingerprint density at radius 2 is 0.958 bits per heavy atom. The average molecular weight is 351 g/mol. The molecule has 0 radical (unpaired) electrons. The molecule has 0 fully saturated rings. The first-order chi connectivity index (χ1) is 11.6. The summed E-state index contributed by atoms with van der Waals surface area (Å²) in [6, 6.07) is 22.3. The lowest BCUT2D eigenvalue weighted by Crippen LogP contribution is -1.91. The van der Waals surface area contributed by atoms with Gasteiger partial charge >= 0.3 is 0 Å². The predicted molar refractivity (Wildman–Crippen MR) is 110 cm³/mol. The third-order valence-electron chi connectivity index (χ3n) is 4.33. The van der Waals surface area contributed by atoms with Crippen molar-refractivity contribution < 1.29 is 0 Å². The highest BCUT2D eigenvalue weighted by molar-refractivity contribution is 7.98. The minimum Gasteiger partial charge on any atom is -0.130 e. The monoisotopic (exact) mass is 350 g/mol. The molecule has 0 amide bonds. The van der Waals surface area contributed by atoms with Crippen LogP contribution in [-0.2, 0) is 0 Å². The van der Waals surface area contributed by atoms with Crippen LogP contribution >= 0.6 is 23.5 Å². The van der Waals surface area contributed by atoms with Crippen LogP contribution in [0.15, 0.2) is 70.5 Å². The van der Waals surface area contributed by atoms with Crippen LogP contribution in [-0.4, -0.2) is 12.5 Å². The maximum atomic E-state index is 2.30. The Kier molecular flexibility index (Phi) is 5.37. The first kappa shape index (κ1) is 17.2. The number of thioether (sulfide) groups is 2. The van der Waals surface area contributed by atoms with Crippen LogP contribution in [0.1, 0.15) is 11.1 Å². The summed E-state index contributed by atoms with van der Waals surface area (Å²) in [6.07, 6.45) is 4.23. The highest BCUT2D eigenvalue weighted by Crippen LogP contribution is 2.33. The molecule has 3 rings (SSSR count). The third-order valence-corrected chi connectivity index (χ3v) is 5.82. The van der Waals surface area contributed by atoms with Crippen molar-refractivity contribution in [1.82, 2.24) is 0 Å². The Labute approximate surface area is 153 Å². The second kappa shape index (κ2) is 7.50. The van der Waals surface area contributed by atoms with E-state index in [0.29, 0.717) is 0 Å². The fourth-order valence-electron chi connectivity index (χ4n) is 3.13. The van der Waals surface area contributed by atoms with Crippen LogP contribution in [0, 0.1) is 13.8 Å². The number of aryl methyl sites for hydroxylation is 2. The summed E-state index contributed by atoms with van der Waals surface area (Å²) in [5.74, 6) is 0. The van der Waals surface area contributed by atoms with Crippen LogP contribution in [0.3, 0.4) is 0 Å². The predicted octanol–water partition coefficient (Wildman–Crippen LogP) is 7.08. The number of hydrogen-bond acceptors (Lipinski definition) is 2. The van der Waals surface area contributed by atoms with Crippen molar-refractivity contribution in [2.45, 2.75) is 23.6 Å². The SMILES string of the molecule is CSc1ccc(-c2cc(C)c(-c3ccc(SC)cc3)c(C)c2)cc1. The normalized spacial score (nSPS) is 10.8. The van der Waals surface area contributed by atoms with E-state index >= 15 is 0 Å². The summed E-state index contributed by atoms with van der Waals surface area (Å²) >= 11 is 3.56. The lowest BCUT2D eigenvalue weighted by atomic mass is 9.91. The molecule has 0 saturated heterocycles. The van der Waals surface area contributed by atoms with Crippen LogP contribution in [0.5, 0.6) is 0 Å². The lowest BCUT2D eigenvalue weighted by Gasteiger charge is -2.14. The third kappa shape index (κ3) is 3.55. The molecule has 0 aliphatic rings. The van der Waals surface area contributed by atoms with Gasteiger partial charge in [-0.05, 0) is 84.0 Å². The Balaban J connectivity index is 2.01. The molecule has 24 heavy (non-hydrogen) atoms. The molecule has 3 aromatic carbocycles. The maximum absolute atomic E-state index is 2.30. The van der Waals surface area contributed by atoms with Gasteiger partial charge in [-0.1, -0.05) is 36.4 Å². The second-order valence-electron chi connectivity index (χ2n) is 5.94. The molecule has 3 aromatic rings. The van der Waals surface area contributed by atoms with Crippen molar-refractivity contribution in [2.75, 3.05) is 12.5 Å². The topological polar surface area (TPSA) is 0 Å². The highest BCUT2D eigenvalue weighted by atomic mass is 32.2. The number of rotatable bonds is 4. The first-order valence-corrected chi connectivity index (χ1v) is 10.5. The fourth-order valence-corrected chi connectivity index (χ4v) is 3.94. The van der Waals surface area contributed by atoms with E-state index in [2.05, 4.69) is 87.0 Å². The van der Waals surface area contributed by atoms with Crippen molar-refractivity contribution >= 4 is 23.5 Å². The Morgan fingerprint density at radius 1 is 0.542 bits per heavy atom. The molecule has 0 spiro atoms. The largest absolute Gasteiger partial charge is 0.130 e. The highest BCUT2D eigenvalue weighted by Gasteiger charge is 2.09. The molecular formula is C22H22S2. The quantitative estimate of drug-likeness (QED) is 0.461. The molecule has 0 saturated carbocycles. The molecule has 0 aromatic heterocycles. The molecular weight excluding hydrogens is 328 g/mol. The fraction of sp³-hybridized carbons (Fsp3) is 0.182. The van der Waals surface area contributed by atoms with E-state index in [4.69, 9.17) is 0 Å². The van der Waals surface area contributed by atoms with Crippen molar-refractivity contribution in [2.24, 2.45) is 0 Å². The van der Waals surface area contributed by atoms with E-state index in [1.54, 1.807) is 23.5 Å². The van der Waals surface area contributed by atoms with Crippen LogP contribution in [0.4, 0.5) is 0 Å². The van der Waals surface area contributed by atoms with E-state index in [0.717, 1.165) is 0 Å². The van der Waals surface area contributed by atoms with Crippen LogP contribution in [0.2, 0.25) is 0 Å². The lowest BCUT2D eigenvalue weighted by molar-refractivity contribution is 1.36. The zero-order chi connectivity index (χ0) is 17.1. The Bertz CT molecular complexity index is 808. The van der Waals surface area contributed by atoms with E-state index in [1.807, 2.05) is 0 Å². The van der Waals surface area contributed by atoms with Crippen LogP contribution in [0.25, 0.3) is 22.3 Å². The van der Waals surface area contributed by atoms with E-state index in [-0.39, 0.29) is 0 Å². The van der Waals surface area contributed by atoms with Gasteiger partial charge in [0.1, 0.15) is 0 Å². The minimum absolute atomic E-state index is 1.28. The van der Waals surface area contributed by atoms with Gasteiger partial charge in [0.15, 0.2) is 0 Å². The van der Waals surface area contributed by atoms with Gasteiger partial charge in [-0.25, -0.2) is 0 Å². The molecule has 0 aliphatic carbocycles. The van der Waals surface area contributed by atoms with Crippen LogP contribution < -0.4 is 0 Å². The van der Waals surface area contributed by atoms with E-state index in [1.165, 1.54) is 43.2 Å². The Morgan fingerprint density at radius 3 is 1.38 bits per heavy atom. The molecule has 0 nitrogen and oxygen atoms in total. The molecule has 0 N–H and O–H groups in total. The van der Waals surface area contributed by atoms with Gasteiger partial charge in [-0.15, -0.1) is 23.5 Å². The van der Waals surface area contributed by atoms with Gasteiger partial charge in [-0.2, -0.15) is 0 Å². The van der Waals surface area contributed by atoms with Crippen molar-refractivity contribution in [3.8, 4) is 22.3 Å². The standard InChI is InChI=1S/C22H22S2/c1-15-13-19(17-5-9-20(23-3)10-6-17)14-16(2)22(15)18-7-11-21(24-4)12-8-18/h5-14H,1-4H3. The summed E-state index contributed by atoms with van der Waals surface area (Å²) in [5, 5.41) is 0. The molecule has 0 unspecified atom stereocenters. The second-order valence-corrected chi connectivity index (χ2v) is 7.70. The first-order valence-electron chi connectivity index (χ1n) is 8.02. The van der Waals surface area contributed by atoms with Crippen molar-refractivity contribution in [3.05, 3.63) is 71.8 Å². The van der Waals surface area contributed by atoms with Crippen molar-refractivity contribution in [1.29, 1.82) is 0 Å². The smallest absolute Gasteiger partial charge is 0.00695 e. The van der Waals surface area contributed by atoms with Gasteiger partial charge in [-0.3, -0.25) is 0 Å². The van der Waals surface area contributed by atoms with E-state index < -0.39 is 0 Å². The summed E-state index contributed by atoms with van der Waals surface area (Å²) in [5.41, 5.74) is 7.89. The minimum atomic E-state index is 1.28. The van der Waals surface area contributed by atoms with Gasteiger partial charge in [0, 0.05) is 9.79 Å². The zero-order valence-corrected chi connectivity index (χ0v) is 16.2. The molecule has 0 aliphatic heterocycles. The maximum Gasteiger partial charge on any atom is 0.00695 e. The van der Waals surface area contributed by atoms with Gasteiger partial charge < -0.3 is 0 Å². The molecule has 122 valence electrons. The summed E-state index contributed by atoms with van der Waals surface area (Å²) in [7, 11) is 0. The molecule has 2 heteroatoms. The average Bonchev–Trinajstić information content (AvgIpc) is 2.61. The molecule has 0 heterocycles. The zero-order valence-electron chi connectivity index (χ0n) is 14.6. The van der Waals surface area contributed by atoms with Crippen molar-refractivity contribution in [3.63, 3.8) is 0 Å². The van der Waals surface area contributed by atoms with E-state index in [9.17, 15) is 0 Å². The summed E-state index contributed by atoms with van der Waals surface area (Å²) < 4.78 is 0. The number of hydrogen-bond donors (Lipinski definition) is 0. The Hall–Kier alpha value is -1.64. The van der Waals surface area contributed by atoms with Gasteiger partial charge in [0.05, 0.1) is 0 Å². The van der Waals surface area contributed by atoms with Gasteiger partial charge in [0.25, 0.3) is 0 Å².